The van der Waals surface area contributed by atoms with Crippen molar-refractivity contribution < 1.29 is 18.3 Å². The fraction of sp³-hybridized carbons (Fsp3) is 0.480. The first kappa shape index (κ1) is 22.7. The number of likely N-dealkylation sites (tertiary alicyclic amines) is 1. The van der Waals surface area contributed by atoms with Crippen LogP contribution < -0.4 is 4.74 Å². The maximum absolute atomic E-state index is 14.1. The topological polar surface area (TPSA) is 63.0 Å². The second kappa shape index (κ2) is 8.94. The molecule has 2 aliphatic rings. The number of carbonyl (C=O) groups is 1. The van der Waals surface area contributed by atoms with Crippen LogP contribution in [0.4, 0.5) is 8.78 Å². The summed E-state index contributed by atoms with van der Waals surface area (Å²) in [6.45, 7) is 8.28. The van der Waals surface area contributed by atoms with E-state index in [9.17, 15) is 13.6 Å². The number of halogens is 2. The molecule has 4 heterocycles. The van der Waals surface area contributed by atoms with Crippen molar-refractivity contribution in [1.82, 2.24) is 24.4 Å². The normalized spacial score (nSPS) is 16.9. The third kappa shape index (κ3) is 4.02. The number of rotatable bonds is 5. The van der Waals surface area contributed by atoms with Crippen LogP contribution in [0.3, 0.4) is 0 Å². The van der Waals surface area contributed by atoms with E-state index in [-0.39, 0.29) is 24.4 Å². The molecule has 0 N–H and O–H groups in total. The van der Waals surface area contributed by atoms with Gasteiger partial charge in [0.25, 0.3) is 5.91 Å². The molecule has 0 atom stereocenters. The molecule has 2 aromatic heterocycles. The minimum atomic E-state index is -0.450. The molecule has 1 aromatic carbocycles. The monoisotopic (exact) mass is 469 g/mol. The highest BCUT2D eigenvalue weighted by Gasteiger charge is 2.32. The van der Waals surface area contributed by atoms with E-state index < -0.39 is 5.82 Å². The van der Waals surface area contributed by atoms with Crippen LogP contribution >= 0.6 is 0 Å². The highest BCUT2D eigenvalue weighted by Crippen LogP contribution is 2.31. The number of carbonyl (C=O) groups excluding carboxylic acids is 1. The molecule has 0 radical (unpaired) electrons. The molecule has 3 aromatic rings. The first-order chi connectivity index (χ1) is 16.4. The van der Waals surface area contributed by atoms with Crippen molar-refractivity contribution in [2.75, 3.05) is 26.3 Å². The number of piperidine rings is 1. The van der Waals surface area contributed by atoms with Crippen LogP contribution in [0.15, 0.2) is 18.2 Å². The summed E-state index contributed by atoms with van der Waals surface area (Å²) in [5.41, 5.74) is 5.99. The van der Waals surface area contributed by atoms with Crippen molar-refractivity contribution in [1.29, 1.82) is 0 Å². The molecule has 0 spiro atoms. The first-order valence-corrected chi connectivity index (χ1v) is 11.7. The SMILES string of the molecule is Cc1nc2c3c(nn2c(C)c1C)CN(C(=O)c1ccc(F)cc1OC1CCN(CCF)CC1)C3. The van der Waals surface area contributed by atoms with Crippen LogP contribution in [0.1, 0.15) is 51.4 Å². The van der Waals surface area contributed by atoms with Gasteiger partial charge in [0.15, 0.2) is 5.65 Å². The average Bonchev–Trinajstić information content (AvgIpc) is 3.38. The highest BCUT2D eigenvalue weighted by atomic mass is 19.1. The van der Waals surface area contributed by atoms with Gasteiger partial charge in [0.2, 0.25) is 0 Å². The predicted molar refractivity (Wildman–Crippen MR) is 123 cm³/mol. The maximum atomic E-state index is 14.1. The molecular formula is C25H29F2N5O2. The van der Waals surface area contributed by atoms with Gasteiger partial charge in [-0.2, -0.15) is 5.10 Å². The number of ether oxygens (including phenoxy) is 1. The molecule has 180 valence electrons. The predicted octanol–water partition coefficient (Wildman–Crippen LogP) is 3.76. The van der Waals surface area contributed by atoms with Crippen LogP contribution in [-0.4, -0.2) is 62.7 Å². The van der Waals surface area contributed by atoms with E-state index in [1.165, 1.54) is 18.2 Å². The largest absolute Gasteiger partial charge is 0.489 e. The number of aromatic nitrogens is 3. The minimum Gasteiger partial charge on any atom is -0.489 e. The number of hydrogen-bond acceptors (Lipinski definition) is 5. The van der Waals surface area contributed by atoms with Crippen LogP contribution in [0, 0.1) is 26.6 Å². The zero-order valence-electron chi connectivity index (χ0n) is 19.8. The summed E-state index contributed by atoms with van der Waals surface area (Å²) in [6.07, 6.45) is 1.28. The highest BCUT2D eigenvalue weighted by molar-refractivity contribution is 5.97. The maximum Gasteiger partial charge on any atom is 0.258 e. The quantitative estimate of drug-likeness (QED) is 0.570. The number of fused-ring (bicyclic) bond motifs is 3. The zero-order chi connectivity index (χ0) is 24.0. The smallest absolute Gasteiger partial charge is 0.258 e. The van der Waals surface area contributed by atoms with E-state index in [2.05, 4.69) is 0 Å². The summed E-state index contributed by atoms with van der Waals surface area (Å²) in [4.78, 5) is 21.9. The second-order valence-electron chi connectivity index (χ2n) is 9.22. The van der Waals surface area contributed by atoms with Gasteiger partial charge in [0.1, 0.15) is 24.3 Å². The number of benzene rings is 1. The van der Waals surface area contributed by atoms with Gasteiger partial charge in [-0.3, -0.25) is 4.79 Å². The number of aryl methyl sites for hydroxylation is 2. The Kier molecular flexibility index (Phi) is 5.97. The van der Waals surface area contributed by atoms with Gasteiger partial charge in [-0.1, -0.05) is 0 Å². The Bertz CT molecular complexity index is 1250. The standard InChI is InChI=1S/C25H29F2N5O2/c1-15-16(2)28-24-21-13-31(14-22(21)29-32(24)17(15)3)25(33)20-5-4-18(27)12-23(20)34-19-6-9-30(10-7-19)11-8-26/h4-5,12,19H,6-11,13-14H2,1-3H3. The number of nitrogens with zero attached hydrogens (tertiary/aromatic N) is 5. The third-order valence-corrected chi connectivity index (χ3v) is 7.10. The molecular weight excluding hydrogens is 440 g/mol. The Balaban J connectivity index is 1.35. The van der Waals surface area contributed by atoms with E-state index in [4.69, 9.17) is 14.8 Å². The minimum absolute atomic E-state index is 0.136. The van der Waals surface area contributed by atoms with Crippen molar-refractivity contribution in [3.63, 3.8) is 0 Å². The van der Waals surface area contributed by atoms with Crippen molar-refractivity contribution in [2.45, 2.75) is 52.8 Å². The van der Waals surface area contributed by atoms with Crippen molar-refractivity contribution >= 4 is 11.6 Å². The Labute approximate surface area is 197 Å². The summed E-state index contributed by atoms with van der Waals surface area (Å²) in [7, 11) is 0. The lowest BCUT2D eigenvalue weighted by atomic mass is 10.1. The average molecular weight is 470 g/mol. The molecule has 1 fully saturated rings. The van der Waals surface area contributed by atoms with Gasteiger partial charge in [-0.25, -0.2) is 18.3 Å². The van der Waals surface area contributed by atoms with Crippen LogP contribution in [0.25, 0.3) is 5.65 Å². The van der Waals surface area contributed by atoms with Crippen LogP contribution in [-0.2, 0) is 13.1 Å². The molecule has 34 heavy (non-hydrogen) atoms. The molecule has 0 bridgehead atoms. The van der Waals surface area contributed by atoms with Crippen molar-refractivity contribution in [3.8, 4) is 5.75 Å². The summed E-state index contributed by atoms with van der Waals surface area (Å²) in [5, 5.41) is 4.71. The molecule has 2 aliphatic heterocycles. The van der Waals surface area contributed by atoms with Crippen molar-refractivity contribution in [3.05, 3.63) is 57.8 Å². The molecule has 5 rings (SSSR count). The van der Waals surface area contributed by atoms with E-state index in [1.807, 2.05) is 30.2 Å². The van der Waals surface area contributed by atoms with Gasteiger partial charge in [-0.15, -0.1) is 0 Å². The Morgan fingerprint density at radius 1 is 1.18 bits per heavy atom. The Morgan fingerprint density at radius 3 is 2.68 bits per heavy atom. The Morgan fingerprint density at radius 2 is 1.94 bits per heavy atom. The van der Waals surface area contributed by atoms with E-state index in [0.29, 0.717) is 38.0 Å². The molecule has 0 saturated carbocycles. The van der Waals surface area contributed by atoms with Gasteiger partial charge in [-0.05, 0) is 51.3 Å². The Hall–Kier alpha value is -3.07. The van der Waals surface area contributed by atoms with Gasteiger partial charge < -0.3 is 14.5 Å². The molecule has 7 nitrogen and oxygen atoms in total. The van der Waals surface area contributed by atoms with Crippen LogP contribution in [0.2, 0.25) is 0 Å². The van der Waals surface area contributed by atoms with E-state index in [0.717, 1.165) is 46.9 Å². The second-order valence-corrected chi connectivity index (χ2v) is 9.22. The summed E-state index contributed by atoms with van der Waals surface area (Å²) in [6, 6.07) is 4.06. The molecule has 0 aliphatic carbocycles. The van der Waals surface area contributed by atoms with Gasteiger partial charge in [0.05, 0.1) is 24.3 Å². The van der Waals surface area contributed by atoms with Gasteiger partial charge in [0, 0.05) is 42.7 Å². The number of alkyl halides is 1. The molecule has 9 heteroatoms. The fourth-order valence-electron chi connectivity index (χ4n) is 4.85. The lowest BCUT2D eigenvalue weighted by Gasteiger charge is -2.32. The lowest BCUT2D eigenvalue weighted by Crippen LogP contribution is -2.39. The van der Waals surface area contributed by atoms with E-state index in [1.54, 1.807) is 4.90 Å². The summed E-state index contributed by atoms with van der Waals surface area (Å²) in [5.74, 6) is -0.413. The third-order valence-electron chi connectivity index (χ3n) is 7.10. The molecule has 1 saturated heterocycles. The fourth-order valence-corrected chi connectivity index (χ4v) is 4.85. The number of amides is 1. The lowest BCUT2D eigenvalue weighted by molar-refractivity contribution is 0.0725. The summed E-state index contributed by atoms with van der Waals surface area (Å²) >= 11 is 0. The first-order valence-electron chi connectivity index (χ1n) is 11.7. The number of hydrogen-bond donors (Lipinski definition) is 0. The van der Waals surface area contributed by atoms with Crippen LogP contribution in [0.5, 0.6) is 5.75 Å². The zero-order valence-corrected chi connectivity index (χ0v) is 19.8. The van der Waals surface area contributed by atoms with Gasteiger partial charge >= 0.3 is 0 Å². The summed E-state index contributed by atoms with van der Waals surface area (Å²) < 4.78 is 34.7. The van der Waals surface area contributed by atoms with Crippen molar-refractivity contribution in [2.24, 2.45) is 0 Å². The van der Waals surface area contributed by atoms with E-state index >= 15 is 0 Å². The molecule has 1 amide bonds. The molecule has 0 unspecified atom stereocenters.